The summed E-state index contributed by atoms with van der Waals surface area (Å²) in [5, 5.41) is -0.249. The molecular weight excluding hydrogens is 308 g/mol. The van der Waals surface area contributed by atoms with Crippen molar-refractivity contribution in [1.82, 2.24) is 0 Å². The summed E-state index contributed by atoms with van der Waals surface area (Å²) in [5.41, 5.74) is 1.60. The smallest absolute Gasteiger partial charge is 0.318 e. The zero-order chi connectivity index (χ0) is 16.7. The van der Waals surface area contributed by atoms with E-state index in [0.29, 0.717) is 5.56 Å². The fourth-order valence-corrected chi connectivity index (χ4v) is 2.84. The number of rotatable bonds is 6. The summed E-state index contributed by atoms with van der Waals surface area (Å²) in [6, 6.07) is 16.8. The van der Waals surface area contributed by atoms with Crippen molar-refractivity contribution in [2.24, 2.45) is 0 Å². The molecule has 2 aromatic rings. The fraction of sp³-hybridized carbons (Fsp3) is 0.158. The van der Waals surface area contributed by atoms with Crippen LogP contribution in [0.1, 0.15) is 22.8 Å². The molecule has 0 saturated carbocycles. The van der Waals surface area contributed by atoms with Gasteiger partial charge in [-0.05, 0) is 30.7 Å². The van der Waals surface area contributed by atoms with Crippen molar-refractivity contribution in [3.63, 3.8) is 0 Å². The zero-order valence-electron chi connectivity index (χ0n) is 13.1. The minimum atomic E-state index is -0.249. The van der Waals surface area contributed by atoms with Gasteiger partial charge in [0.25, 0.3) is 0 Å². The third kappa shape index (κ3) is 5.11. The molecule has 0 N–H and O–H groups in total. The van der Waals surface area contributed by atoms with Gasteiger partial charge in [-0.15, -0.1) is 11.8 Å². The van der Waals surface area contributed by atoms with Crippen LogP contribution in [0.25, 0.3) is 6.08 Å². The highest BCUT2D eigenvalue weighted by atomic mass is 32.2. The highest BCUT2D eigenvalue weighted by molar-refractivity contribution is 8.00. The largest absolute Gasteiger partial charge is 0.468 e. The molecule has 118 valence electrons. The number of carbonyl (C=O) groups is 2. The van der Waals surface area contributed by atoms with Gasteiger partial charge in [0.2, 0.25) is 0 Å². The molecule has 0 spiro atoms. The van der Waals surface area contributed by atoms with Crippen molar-refractivity contribution in [3.05, 3.63) is 71.8 Å². The van der Waals surface area contributed by atoms with E-state index in [9.17, 15) is 9.59 Å². The van der Waals surface area contributed by atoms with Crippen LogP contribution in [-0.4, -0.2) is 24.1 Å². The molecular formula is C19H18O3S. The molecule has 2 aromatic carbocycles. The summed E-state index contributed by atoms with van der Waals surface area (Å²) < 4.78 is 4.71. The average Bonchev–Trinajstić information content (AvgIpc) is 2.60. The van der Waals surface area contributed by atoms with E-state index < -0.39 is 0 Å². The second-order valence-electron chi connectivity index (χ2n) is 4.92. The molecule has 23 heavy (non-hydrogen) atoms. The van der Waals surface area contributed by atoms with Gasteiger partial charge in [0.1, 0.15) is 5.25 Å². The van der Waals surface area contributed by atoms with E-state index in [4.69, 9.17) is 4.74 Å². The molecule has 3 nitrogen and oxygen atoms in total. The van der Waals surface area contributed by atoms with E-state index in [1.165, 1.54) is 18.9 Å². The predicted molar refractivity (Wildman–Crippen MR) is 93.6 cm³/mol. The minimum absolute atomic E-state index is 0.0247. The van der Waals surface area contributed by atoms with E-state index in [0.717, 1.165) is 10.5 Å². The van der Waals surface area contributed by atoms with E-state index >= 15 is 0 Å². The lowest BCUT2D eigenvalue weighted by atomic mass is 10.1. The summed E-state index contributed by atoms with van der Waals surface area (Å²) in [6.07, 6.45) is 3.35. The van der Waals surface area contributed by atoms with Crippen molar-refractivity contribution >= 4 is 29.6 Å². The van der Waals surface area contributed by atoms with Gasteiger partial charge in [0.05, 0.1) is 7.11 Å². The van der Waals surface area contributed by atoms with Crippen molar-refractivity contribution in [1.29, 1.82) is 0 Å². The summed E-state index contributed by atoms with van der Waals surface area (Å²) in [5.74, 6) is -0.268. The lowest BCUT2D eigenvalue weighted by Crippen LogP contribution is -2.14. The van der Waals surface area contributed by atoms with E-state index in [1.807, 2.05) is 49.4 Å². The average molecular weight is 326 g/mol. The van der Waals surface area contributed by atoms with Crippen molar-refractivity contribution < 1.29 is 14.3 Å². The van der Waals surface area contributed by atoms with Gasteiger partial charge in [0.15, 0.2) is 5.78 Å². The lowest BCUT2D eigenvalue weighted by Gasteiger charge is -2.08. The molecule has 0 aliphatic heterocycles. The van der Waals surface area contributed by atoms with Gasteiger partial charge >= 0.3 is 5.97 Å². The normalized spacial score (nSPS) is 12.1. The SMILES string of the molecule is COC(=O)C(C)Sc1ccc(/C=C/C(=O)c2ccccc2)cc1. The summed E-state index contributed by atoms with van der Waals surface area (Å²) in [4.78, 5) is 24.4. The number of esters is 1. The van der Waals surface area contributed by atoms with Gasteiger partial charge < -0.3 is 4.74 Å². The van der Waals surface area contributed by atoms with Crippen molar-refractivity contribution in [3.8, 4) is 0 Å². The number of thioether (sulfide) groups is 1. The van der Waals surface area contributed by atoms with Crippen molar-refractivity contribution in [2.45, 2.75) is 17.1 Å². The van der Waals surface area contributed by atoms with Crippen LogP contribution in [-0.2, 0) is 9.53 Å². The fourth-order valence-electron chi connectivity index (χ4n) is 1.95. The van der Waals surface area contributed by atoms with E-state index in [1.54, 1.807) is 24.3 Å². The molecule has 1 unspecified atom stereocenters. The number of allylic oxidation sites excluding steroid dienone is 1. The molecule has 0 saturated heterocycles. The Hall–Kier alpha value is -2.33. The highest BCUT2D eigenvalue weighted by Crippen LogP contribution is 2.24. The van der Waals surface area contributed by atoms with Crippen LogP contribution in [0.5, 0.6) is 0 Å². The molecule has 0 radical (unpaired) electrons. The monoisotopic (exact) mass is 326 g/mol. The van der Waals surface area contributed by atoms with Crippen LogP contribution >= 0.6 is 11.8 Å². The number of methoxy groups -OCH3 is 1. The molecule has 0 fully saturated rings. The number of hydrogen-bond donors (Lipinski definition) is 0. The number of carbonyl (C=O) groups excluding carboxylic acids is 2. The molecule has 0 bridgehead atoms. The van der Waals surface area contributed by atoms with Crippen LogP contribution in [0, 0.1) is 0 Å². The molecule has 4 heteroatoms. The first kappa shape index (κ1) is 17.0. The van der Waals surface area contributed by atoms with Crippen LogP contribution in [0.4, 0.5) is 0 Å². The summed E-state index contributed by atoms with van der Waals surface area (Å²) in [6.45, 7) is 1.81. The molecule has 1 atom stereocenters. The second-order valence-corrected chi connectivity index (χ2v) is 6.33. The summed E-state index contributed by atoms with van der Waals surface area (Å²) in [7, 11) is 1.39. The maximum atomic E-state index is 12.0. The standard InChI is InChI=1S/C19H18O3S/c1-14(19(21)22-2)23-17-11-8-15(9-12-17)10-13-18(20)16-6-4-3-5-7-16/h3-14H,1-2H3/b13-10+. The predicted octanol–water partition coefficient (Wildman–Crippen LogP) is 4.24. The van der Waals surface area contributed by atoms with Crippen LogP contribution in [0.2, 0.25) is 0 Å². The second kappa shape index (κ2) is 8.34. The van der Waals surface area contributed by atoms with Gasteiger partial charge in [-0.2, -0.15) is 0 Å². The third-order valence-electron chi connectivity index (χ3n) is 3.21. The van der Waals surface area contributed by atoms with Gasteiger partial charge in [-0.1, -0.05) is 48.5 Å². The number of hydrogen-bond acceptors (Lipinski definition) is 4. The molecule has 2 rings (SSSR count). The Kier molecular flexibility index (Phi) is 6.18. The third-order valence-corrected chi connectivity index (χ3v) is 4.30. The first-order valence-electron chi connectivity index (χ1n) is 7.22. The number of ether oxygens (including phenoxy) is 1. The van der Waals surface area contributed by atoms with Gasteiger partial charge in [-0.25, -0.2) is 0 Å². The van der Waals surface area contributed by atoms with Gasteiger partial charge in [-0.3, -0.25) is 9.59 Å². The maximum absolute atomic E-state index is 12.0. The van der Waals surface area contributed by atoms with Crippen LogP contribution in [0.15, 0.2) is 65.6 Å². The van der Waals surface area contributed by atoms with Crippen LogP contribution < -0.4 is 0 Å². The highest BCUT2D eigenvalue weighted by Gasteiger charge is 2.14. The van der Waals surface area contributed by atoms with E-state index in [2.05, 4.69) is 0 Å². The Morgan fingerprint density at radius 3 is 2.30 bits per heavy atom. The Balaban J connectivity index is 1.98. The first-order chi connectivity index (χ1) is 11.1. The molecule has 0 aliphatic carbocycles. The zero-order valence-corrected chi connectivity index (χ0v) is 13.9. The number of ketones is 1. The molecule has 0 amide bonds. The topological polar surface area (TPSA) is 43.4 Å². The quantitative estimate of drug-likeness (QED) is 0.345. The first-order valence-corrected chi connectivity index (χ1v) is 8.10. The molecule has 0 heterocycles. The minimum Gasteiger partial charge on any atom is -0.468 e. The van der Waals surface area contributed by atoms with E-state index in [-0.39, 0.29) is 17.0 Å². The van der Waals surface area contributed by atoms with Crippen LogP contribution in [0.3, 0.4) is 0 Å². The van der Waals surface area contributed by atoms with Crippen molar-refractivity contribution in [2.75, 3.05) is 7.11 Å². The molecule has 0 aromatic heterocycles. The Morgan fingerprint density at radius 2 is 1.70 bits per heavy atom. The Labute approximate surface area is 140 Å². The maximum Gasteiger partial charge on any atom is 0.318 e. The Bertz CT molecular complexity index is 690. The summed E-state index contributed by atoms with van der Waals surface area (Å²) >= 11 is 1.44. The number of benzene rings is 2. The molecule has 0 aliphatic rings. The lowest BCUT2D eigenvalue weighted by molar-refractivity contribution is -0.139. The van der Waals surface area contributed by atoms with Gasteiger partial charge in [0, 0.05) is 10.5 Å². The Morgan fingerprint density at radius 1 is 1.04 bits per heavy atom.